The van der Waals surface area contributed by atoms with E-state index in [2.05, 4.69) is 20.8 Å². The summed E-state index contributed by atoms with van der Waals surface area (Å²) in [6, 6.07) is 1.58. The molecule has 0 aliphatic carbocycles. The molecule has 4 saturated heterocycles. The SMILES string of the molecule is COc1c(C)cc2c(c1O)C1C3[C@@H]4SCC(=O)C(=O)OC[C@@H](c5c6c(c(C)c(OC(C)=O)c54)OCO6)N3[C@@H](C#N)[C@H](C2)N1C.COc1c(C)cc2c(c1O)C1C3[C@@H]4SCC(=O)C(=O)OC[C@@H](c5c6c(c(C)c(OC(C)=O)c54)OCO6)N3[C@@H](O)[C@H](C2)N1C. The Bertz CT molecular complexity index is 3760. The van der Waals surface area contributed by atoms with E-state index < -0.39 is 94.5 Å². The highest BCUT2D eigenvalue weighted by Crippen LogP contribution is 2.66. The first-order valence-corrected chi connectivity index (χ1v) is 30.5. The van der Waals surface area contributed by atoms with Crippen molar-refractivity contribution in [2.45, 2.75) is 125 Å². The number of cyclic esters (lactones) is 2. The number of likely N-dealkylation sites (N-methyl/N-ethyl adjacent to an activating group) is 2. The number of carbonyl (C=O) groups excluding carboxylic acids is 6. The van der Waals surface area contributed by atoms with E-state index in [0.29, 0.717) is 97.6 Å². The molecule has 87 heavy (non-hydrogen) atoms. The summed E-state index contributed by atoms with van der Waals surface area (Å²) < 4.78 is 57.9. The van der Waals surface area contributed by atoms with Crippen molar-refractivity contribution in [2.75, 3.05) is 66.6 Å². The second kappa shape index (κ2) is 21.7. The standard InChI is InChI=1S/C31H31N3O9S.C30H32N2O10S/c1-12-6-15-7-16-17(8-32)34-18-9-40-31(38)19(36)10-44-30(24(34)23(33(16)4)20(15)25(37)26(12)39-5)22-21(18)29-28(41-11-42-29)13(2)27(22)43-14(3)35;1-11-6-14-7-15-29(36)32-16-8-39-30(37)17(34)9-43-28(22(32)21(31(15)4)18(14)23(35)24(11)38-5)20-19(16)27-26(40-10-41-27)12(2)25(20)42-13(3)33/h6,16-18,23-24,30,37H,7,9-11H2,1-5H3;6,15-16,21-22,28-29,35-36H,7-10H2,1-5H3/t16-,17-,18-,23?,24?,30+;15-,16-,21?,22?,28+,29-/m00/s1. The Morgan fingerprint density at radius 3 is 1.45 bits per heavy atom. The van der Waals surface area contributed by atoms with Gasteiger partial charge in [0.05, 0.1) is 72.5 Å². The molecule has 0 saturated carbocycles. The number of hydrogen-bond acceptors (Lipinski definition) is 26. The molecule has 10 heterocycles. The fourth-order valence-electron chi connectivity index (χ4n) is 15.6. The normalized spacial score (nSPS) is 29.0. The molecular weight excluding hydrogens is 1170 g/mol. The number of esters is 4. The van der Waals surface area contributed by atoms with Gasteiger partial charge < -0.3 is 62.7 Å². The molecule has 0 radical (unpaired) electrons. The minimum absolute atomic E-state index is 0.0203. The third-order valence-corrected chi connectivity index (χ3v) is 21.5. The highest BCUT2D eigenvalue weighted by Gasteiger charge is 2.63. The second-order valence-corrected chi connectivity index (χ2v) is 25.6. The summed E-state index contributed by atoms with van der Waals surface area (Å²) >= 11 is 2.42. The Balaban J connectivity index is 0.000000161. The zero-order valence-electron chi connectivity index (χ0n) is 49.2. The number of carbonyl (C=O) groups is 6. The number of methoxy groups -OCH3 is 2. The zero-order chi connectivity index (χ0) is 61.7. The maximum Gasteiger partial charge on any atom is 0.375 e. The zero-order valence-corrected chi connectivity index (χ0v) is 50.8. The van der Waals surface area contributed by atoms with Crippen LogP contribution in [0.4, 0.5) is 0 Å². The van der Waals surface area contributed by atoms with E-state index in [-0.39, 0.29) is 67.6 Å². The van der Waals surface area contributed by atoms with E-state index in [1.54, 1.807) is 13.8 Å². The second-order valence-electron chi connectivity index (χ2n) is 23.3. The minimum Gasteiger partial charge on any atom is -0.504 e. The monoisotopic (exact) mass is 1230 g/mol. The van der Waals surface area contributed by atoms with E-state index in [1.165, 1.54) is 51.6 Å². The number of aromatic hydroxyl groups is 2. The van der Waals surface area contributed by atoms with Gasteiger partial charge in [0.2, 0.25) is 25.2 Å². The van der Waals surface area contributed by atoms with Crippen LogP contribution in [0, 0.1) is 39.0 Å². The molecule has 8 bridgehead atoms. The summed E-state index contributed by atoms with van der Waals surface area (Å²) in [4.78, 5) is 84.3. The molecule has 14 rings (SSSR count). The Hall–Kier alpha value is -7.51. The molecule has 3 N–H and O–H groups in total. The fraction of sp³-hybridized carbons (Fsp3) is 0.492. The summed E-state index contributed by atoms with van der Waals surface area (Å²) in [6.45, 7) is 9.28. The van der Waals surface area contributed by atoms with E-state index in [0.717, 1.165) is 22.3 Å². The van der Waals surface area contributed by atoms with Crippen molar-refractivity contribution in [1.82, 2.24) is 19.6 Å². The number of aliphatic hydroxyl groups excluding tert-OH is 1. The topological polar surface area (TPSA) is 292 Å². The lowest BCUT2D eigenvalue weighted by molar-refractivity contribution is -0.184. The van der Waals surface area contributed by atoms with Gasteiger partial charge >= 0.3 is 23.9 Å². The predicted molar refractivity (Wildman–Crippen MR) is 306 cm³/mol. The quantitative estimate of drug-likeness (QED) is 0.137. The maximum atomic E-state index is 12.9. The van der Waals surface area contributed by atoms with Gasteiger partial charge in [-0.15, -0.1) is 23.5 Å². The number of aryl methyl sites for hydroxylation is 2. The Labute approximate surface area is 507 Å². The molecule has 26 heteroatoms. The Kier molecular flexibility index (Phi) is 14.6. The number of Topliss-reactive ketones (excluding diaryl/α,β-unsaturated/α-hetero) is 2. The fourth-order valence-corrected chi connectivity index (χ4v) is 18.3. The lowest BCUT2D eigenvalue weighted by Gasteiger charge is -2.61. The van der Waals surface area contributed by atoms with Crippen LogP contribution in [0.1, 0.15) is 115 Å². The number of phenolic OH excluding ortho intramolecular Hbond substituents is 2. The van der Waals surface area contributed by atoms with Gasteiger partial charge in [-0.3, -0.25) is 38.8 Å². The molecule has 4 aromatic rings. The number of nitrogens with zero attached hydrogens (tertiary/aromatic N) is 5. The molecule has 458 valence electrons. The van der Waals surface area contributed by atoms with Crippen molar-refractivity contribution in [3.05, 3.63) is 78.9 Å². The van der Waals surface area contributed by atoms with Gasteiger partial charge in [-0.05, 0) is 76.9 Å². The minimum atomic E-state index is -1.03. The van der Waals surface area contributed by atoms with E-state index >= 15 is 0 Å². The summed E-state index contributed by atoms with van der Waals surface area (Å²) in [7, 11) is 6.87. The first-order valence-electron chi connectivity index (χ1n) is 28.4. The molecular formula is C61H63N5O19S2. The van der Waals surface area contributed by atoms with Gasteiger partial charge in [0, 0.05) is 76.5 Å². The highest BCUT2D eigenvalue weighted by molar-refractivity contribution is 8.00. The summed E-state index contributed by atoms with van der Waals surface area (Å²) in [6.07, 6.45) is -0.0942. The van der Waals surface area contributed by atoms with Crippen LogP contribution in [0.2, 0.25) is 0 Å². The van der Waals surface area contributed by atoms with Crippen molar-refractivity contribution in [3.63, 3.8) is 0 Å². The number of ether oxygens (including phenoxy) is 10. The first kappa shape index (κ1) is 58.5. The van der Waals surface area contributed by atoms with Crippen molar-refractivity contribution in [3.8, 4) is 63.6 Å². The average molecular weight is 1230 g/mol. The van der Waals surface area contributed by atoms with E-state index in [4.69, 9.17) is 47.4 Å². The number of piperazine rings is 2. The third kappa shape index (κ3) is 8.64. The number of nitriles is 1. The van der Waals surface area contributed by atoms with Gasteiger partial charge in [0.15, 0.2) is 46.0 Å². The molecule has 4 fully saturated rings. The third-order valence-electron chi connectivity index (χ3n) is 18.9. The van der Waals surface area contributed by atoms with Crippen molar-refractivity contribution < 1.29 is 91.5 Å². The number of phenols is 2. The van der Waals surface area contributed by atoms with Gasteiger partial charge in [-0.2, -0.15) is 5.26 Å². The smallest absolute Gasteiger partial charge is 0.375 e. The largest absolute Gasteiger partial charge is 0.504 e. The van der Waals surface area contributed by atoms with Crippen molar-refractivity contribution in [1.29, 1.82) is 5.26 Å². The molecule has 10 aliphatic heterocycles. The van der Waals surface area contributed by atoms with Crippen molar-refractivity contribution >= 4 is 59.0 Å². The van der Waals surface area contributed by atoms with Crippen LogP contribution in [0.3, 0.4) is 0 Å². The van der Waals surface area contributed by atoms with Gasteiger partial charge in [-0.25, -0.2) is 9.59 Å². The lowest BCUT2D eigenvalue weighted by Crippen LogP contribution is -2.69. The molecule has 4 unspecified atom stereocenters. The molecule has 24 nitrogen and oxygen atoms in total. The number of thioether (sulfide) groups is 2. The molecule has 10 aliphatic rings. The van der Waals surface area contributed by atoms with Crippen LogP contribution in [-0.2, 0) is 51.1 Å². The molecule has 4 aromatic carbocycles. The Morgan fingerprint density at radius 2 is 1.01 bits per heavy atom. The van der Waals surface area contributed by atoms with Crippen molar-refractivity contribution in [2.24, 2.45) is 0 Å². The number of ketones is 2. The average Bonchev–Trinajstić information content (AvgIpc) is 1.32. The van der Waals surface area contributed by atoms with Crippen LogP contribution in [0.25, 0.3) is 0 Å². The molecule has 0 spiro atoms. The predicted octanol–water partition coefficient (Wildman–Crippen LogP) is 5.03. The molecule has 0 aromatic heterocycles. The summed E-state index contributed by atoms with van der Waals surface area (Å²) in [5, 5.41) is 45.0. The molecule has 0 amide bonds. The number of hydrogen-bond donors (Lipinski definition) is 3. The number of rotatable bonds is 4. The maximum absolute atomic E-state index is 12.9. The Morgan fingerprint density at radius 1 is 0.598 bits per heavy atom. The van der Waals surface area contributed by atoms with Gasteiger partial charge in [0.1, 0.15) is 37.0 Å². The lowest BCUT2D eigenvalue weighted by atomic mass is 9.71. The van der Waals surface area contributed by atoms with Gasteiger partial charge in [0.25, 0.3) is 0 Å². The van der Waals surface area contributed by atoms with Gasteiger partial charge in [-0.1, -0.05) is 12.1 Å². The number of fused-ring (bicyclic) bond motifs is 18. The first-order chi connectivity index (χ1) is 41.6. The van der Waals surface area contributed by atoms with E-state index in [9.17, 15) is 49.3 Å². The number of aliphatic hydroxyl groups is 1. The highest BCUT2D eigenvalue weighted by atomic mass is 32.2. The van der Waals surface area contributed by atoms with Crippen LogP contribution in [0.15, 0.2) is 12.1 Å². The number of benzene rings is 4. The molecule has 12 atom stereocenters. The van der Waals surface area contributed by atoms with Crippen LogP contribution in [-0.4, -0.2) is 173 Å². The summed E-state index contributed by atoms with van der Waals surface area (Å²) in [5.74, 6) is -1.74. The van der Waals surface area contributed by atoms with Crippen LogP contribution >= 0.6 is 23.5 Å². The summed E-state index contributed by atoms with van der Waals surface area (Å²) in [5.41, 5.74) is 8.25. The van der Waals surface area contributed by atoms with Crippen LogP contribution < -0.4 is 37.9 Å². The van der Waals surface area contributed by atoms with Crippen LogP contribution in [0.5, 0.6) is 57.5 Å². The van der Waals surface area contributed by atoms with E-state index in [1.807, 2.05) is 45.0 Å².